The summed E-state index contributed by atoms with van der Waals surface area (Å²) in [5.41, 5.74) is 1.18. The molecule has 18 heavy (non-hydrogen) atoms. The molecular weight excluding hydrogens is 252 g/mol. The van der Waals surface area contributed by atoms with Crippen molar-refractivity contribution in [2.24, 2.45) is 0 Å². The summed E-state index contributed by atoms with van der Waals surface area (Å²) in [5.74, 6) is 0.381. The number of ether oxygens (including phenoxy) is 1. The highest BCUT2D eigenvalue weighted by atomic mass is 32.2. The van der Waals surface area contributed by atoms with Crippen LogP contribution >= 0.6 is 11.8 Å². The molecule has 0 saturated carbocycles. The van der Waals surface area contributed by atoms with Crippen molar-refractivity contribution in [1.29, 1.82) is 0 Å². The maximum atomic E-state index is 11.2. The SMILES string of the molecule is COC(=O)Cn1nnnc1SCc1ccccc1. The van der Waals surface area contributed by atoms with E-state index in [1.165, 1.54) is 29.1 Å². The van der Waals surface area contributed by atoms with Gasteiger partial charge in [-0.3, -0.25) is 4.79 Å². The van der Waals surface area contributed by atoms with Crippen LogP contribution in [0.2, 0.25) is 0 Å². The lowest BCUT2D eigenvalue weighted by molar-refractivity contribution is -0.141. The molecular formula is C11H12N4O2S. The van der Waals surface area contributed by atoms with E-state index in [9.17, 15) is 4.79 Å². The van der Waals surface area contributed by atoms with Gasteiger partial charge in [0, 0.05) is 5.75 Å². The van der Waals surface area contributed by atoms with Gasteiger partial charge in [-0.05, 0) is 16.0 Å². The van der Waals surface area contributed by atoms with E-state index in [4.69, 9.17) is 0 Å². The third-order valence-electron chi connectivity index (χ3n) is 2.22. The number of nitrogens with zero attached hydrogens (tertiary/aromatic N) is 4. The van der Waals surface area contributed by atoms with Crippen LogP contribution in [0.25, 0.3) is 0 Å². The molecule has 0 radical (unpaired) electrons. The number of benzene rings is 1. The Morgan fingerprint density at radius 2 is 2.17 bits per heavy atom. The van der Waals surface area contributed by atoms with E-state index in [2.05, 4.69) is 20.3 Å². The minimum atomic E-state index is -0.371. The molecule has 0 spiro atoms. The maximum absolute atomic E-state index is 11.2. The summed E-state index contributed by atoms with van der Waals surface area (Å²) in [4.78, 5) is 11.2. The zero-order valence-corrected chi connectivity index (χ0v) is 10.6. The van der Waals surface area contributed by atoms with Crippen molar-refractivity contribution >= 4 is 17.7 Å². The van der Waals surface area contributed by atoms with Gasteiger partial charge >= 0.3 is 5.97 Å². The molecule has 2 rings (SSSR count). The lowest BCUT2D eigenvalue weighted by Gasteiger charge is -2.03. The summed E-state index contributed by atoms with van der Waals surface area (Å²) < 4.78 is 6.01. The molecule has 0 N–H and O–H groups in total. The van der Waals surface area contributed by atoms with Gasteiger partial charge in [-0.1, -0.05) is 42.1 Å². The molecule has 0 aliphatic heterocycles. The number of carbonyl (C=O) groups is 1. The fourth-order valence-corrected chi connectivity index (χ4v) is 2.14. The van der Waals surface area contributed by atoms with Crippen LogP contribution in [0.4, 0.5) is 0 Å². The first-order valence-electron chi connectivity index (χ1n) is 5.29. The Morgan fingerprint density at radius 1 is 1.39 bits per heavy atom. The third-order valence-corrected chi connectivity index (χ3v) is 3.24. The van der Waals surface area contributed by atoms with E-state index < -0.39 is 0 Å². The van der Waals surface area contributed by atoms with Gasteiger partial charge in [0.05, 0.1) is 7.11 Å². The van der Waals surface area contributed by atoms with Crippen LogP contribution in [-0.4, -0.2) is 33.3 Å². The summed E-state index contributed by atoms with van der Waals surface area (Å²) in [5, 5.41) is 11.8. The predicted octanol–water partition coefficient (Wildman–Crippen LogP) is 1.14. The molecule has 1 aromatic carbocycles. The number of rotatable bonds is 5. The summed E-state index contributed by atoms with van der Waals surface area (Å²) in [6.45, 7) is 0.0284. The Balaban J connectivity index is 1.98. The first kappa shape index (κ1) is 12.6. The van der Waals surface area contributed by atoms with Crippen LogP contribution < -0.4 is 0 Å². The molecule has 7 heteroatoms. The Hall–Kier alpha value is -1.89. The van der Waals surface area contributed by atoms with Gasteiger partial charge < -0.3 is 4.74 Å². The number of carbonyl (C=O) groups excluding carboxylic acids is 1. The number of esters is 1. The quantitative estimate of drug-likeness (QED) is 0.596. The molecule has 2 aromatic rings. The fraction of sp³-hybridized carbons (Fsp3) is 0.273. The van der Waals surface area contributed by atoms with Gasteiger partial charge in [0.2, 0.25) is 5.16 Å². The number of aromatic nitrogens is 4. The first-order chi connectivity index (χ1) is 8.79. The molecule has 0 atom stereocenters. The van der Waals surface area contributed by atoms with Crippen LogP contribution in [-0.2, 0) is 21.8 Å². The number of thioether (sulfide) groups is 1. The standard InChI is InChI=1S/C11H12N4O2S/c1-17-10(16)7-15-11(12-13-14-15)18-8-9-5-3-2-4-6-9/h2-6H,7-8H2,1H3. The Labute approximate surface area is 108 Å². The summed E-state index contributed by atoms with van der Waals surface area (Å²) in [6.07, 6.45) is 0. The average Bonchev–Trinajstić information content (AvgIpc) is 2.84. The number of hydrogen-bond acceptors (Lipinski definition) is 6. The second-order valence-corrected chi connectivity index (χ2v) is 4.41. The number of methoxy groups -OCH3 is 1. The van der Waals surface area contributed by atoms with Crippen LogP contribution in [0.5, 0.6) is 0 Å². The van der Waals surface area contributed by atoms with E-state index in [-0.39, 0.29) is 12.5 Å². The van der Waals surface area contributed by atoms with E-state index in [0.717, 1.165) is 5.75 Å². The maximum Gasteiger partial charge on any atom is 0.327 e. The van der Waals surface area contributed by atoms with Crippen molar-refractivity contribution in [2.75, 3.05) is 7.11 Å². The summed E-state index contributed by atoms with van der Waals surface area (Å²) >= 11 is 1.48. The van der Waals surface area contributed by atoms with Crippen LogP contribution in [0, 0.1) is 0 Å². The molecule has 0 fully saturated rings. The van der Waals surface area contributed by atoms with E-state index >= 15 is 0 Å². The van der Waals surface area contributed by atoms with E-state index in [1.807, 2.05) is 30.3 Å². The lowest BCUT2D eigenvalue weighted by atomic mass is 10.2. The molecule has 6 nitrogen and oxygen atoms in total. The summed E-state index contributed by atoms with van der Waals surface area (Å²) in [7, 11) is 1.34. The van der Waals surface area contributed by atoms with Crippen LogP contribution in [0.3, 0.4) is 0 Å². The summed E-state index contributed by atoms with van der Waals surface area (Å²) in [6, 6.07) is 9.99. The molecule has 0 unspecified atom stereocenters. The Kier molecular flexibility index (Phi) is 4.30. The van der Waals surface area contributed by atoms with Crippen molar-refractivity contribution in [3.63, 3.8) is 0 Å². The van der Waals surface area contributed by atoms with Crippen molar-refractivity contribution < 1.29 is 9.53 Å². The Morgan fingerprint density at radius 3 is 2.89 bits per heavy atom. The van der Waals surface area contributed by atoms with Gasteiger partial charge in [0.25, 0.3) is 0 Å². The lowest BCUT2D eigenvalue weighted by Crippen LogP contribution is -2.13. The van der Waals surface area contributed by atoms with Crippen molar-refractivity contribution in [2.45, 2.75) is 17.5 Å². The average molecular weight is 264 g/mol. The molecule has 1 heterocycles. The molecule has 0 amide bonds. The molecule has 1 aromatic heterocycles. The minimum absolute atomic E-state index is 0.0284. The zero-order valence-electron chi connectivity index (χ0n) is 9.81. The minimum Gasteiger partial charge on any atom is -0.468 e. The Bertz CT molecular complexity index is 515. The van der Waals surface area contributed by atoms with Gasteiger partial charge in [-0.25, -0.2) is 4.68 Å². The first-order valence-corrected chi connectivity index (χ1v) is 6.28. The predicted molar refractivity (Wildman–Crippen MR) is 65.8 cm³/mol. The second kappa shape index (κ2) is 6.15. The van der Waals surface area contributed by atoms with Crippen molar-refractivity contribution in [1.82, 2.24) is 20.2 Å². The highest BCUT2D eigenvalue weighted by molar-refractivity contribution is 7.98. The molecule has 0 bridgehead atoms. The number of hydrogen-bond donors (Lipinski definition) is 0. The van der Waals surface area contributed by atoms with Gasteiger partial charge in [0.15, 0.2) is 0 Å². The normalized spacial score (nSPS) is 10.3. The fourth-order valence-electron chi connectivity index (χ4n) is 1.31. The third kappa shape index (κ3) is 3.30. The zero-order chi connectivity index (χ0) is 12.8. The number of tetrazole rings is 1. The highest BCUT2D eigenvalue weighted by Gasteiger charge is 2.10. The van der Waals surface area contributed by atoms with Crippen molar-refractivity contribution in [3.05, 3.63) is 35.9 Å². The monoisotopic (exact) mass is 264 g/mol. The largest absolute Gasteiger partial charge is 0.468 e. The van der Waals surface area contributed by atoms with Gasteiger partial charge in [-0.15, -0.1) is 5.10 Å². The van der Waals surface area contributed by atoms with E-state index in [0.29, 0.717) is 5.16 Å². The smallest absolute Gasteiger partial charge is 0.327 e. The van der Waals surface area contributed by atoms with Crippen LogP contribution in [0.1, 0.15) is 5.56 Å². The topological polar surface area (TPSA) is 69.9 Å². The van der Waals surface area contributed by atoms with Gasteiger partial charge in [0.1, 0.15) is 6.54 Å². The van der Waals surface area contributed by atoms with E-state index in [1.54, 1.807) is 0 Å². The van der Waals surface area contributed by atoms with Crippen LogP contribution in [0.15, 0.2) is 35.5 Å². The highest BCUT2D eigenvalue weighted by Crippen LogP contribution is 2.19. The molecule has 0 saturated heterocycles. The van der Waals surface area contributed by atoms with Gasteiger partial charge in [-0.2, -0.15) is 0 Å². The molecule has 94 valence electrons. The second-order valence-electron chi connectivity index (χ2n) is 3.47. The molecule has 0 aliphatic rings. The van der Waals surface area contributed by atoms with Crippen molar-refractivity contribution in [3.8, 4) is 0 Å². The molecule has 0 aliphatic carbocycles.